The molecule has 2 aliphatic heterocycles. The first kappa shape index (κ1) is 22.4. The van der Waals surface area contributed by atoms with Crippen molar-refractivity contribution in [2.24, 2.45) is 17.3 Å². The van der Waals surface area contributed by atoms with Gasteiger partial charge in [0, 0.05) is 37.5 Å². The highest BCUT2D eigenvalue weighted by Crippen LogP contribution is 2.54. The average Bonchev–Trinajstić information content (AvgIpc) is 3.19. The van der Waals surface area contributed by atoms with E-state index >= 15 is 0 Å². The summed E-state index contributed by atoms with van der Waals surface area (Å²) in [6, 6.07) is 5.48. The summed E-state index contributed by atoms with van der Waals surface area (Å²) in [6.45, 7) is 3.15. The largest absolute Gasteiger partial charge is 0.490 e. The van der Waals surface area contributed by atoms with Gasteiger partial charge in [-0.15, -0.1) is 0 Å². The molecule has 3 atom stereocenters. The zero-order chi connectivity index (χ0) is 24.7. The van der Waals surface area contributed by atoms with Crippen LogP contribution in [-0.4, -0.2) is 62.9 Å². The van der Waals surface area contributed by atoms with Crippen LogP contribution >= 0.6 is 0 Å². The van der Waals surface area contributed by atoms with E-state index < -0.39 is 11.7 Å². The van der Waals surface area contributed by atoms with Crippen molar-refractivity contribution in [3.8, 4) is 5.75 Å². The Balaban J connectivity index is 0.867. The summed E-state index contributed by atoms with van der Waals surface area (Å²) in [7, 11) is 0. The second-order valence-corrected chi connectivity index (χ2v) is 11.7. The number of nitrogens with zero attached hydrogens (tertiary/aromatic N) is 5. The van der Waals surface area contributed by atoms with Gasteiger partial charge in [-0.3, -0.25) is 0 Å². The van der Waals surface area contributed by atoms with Crippen LogP contribution in [0.1, 0.15) is 61.9 Å². The fourth-order valence-electron chi connectivity index (χ4n) is 6.89. The van der Waals surface area contributed by atoms with Gasteiger partial charge in [0.1, 0.15) is 12.1 Å². The van der Waals surface area contributed by atoms with Gasteiger partial charge in [0.25, 0.3) is 0 Å². The number of hydrogen-bond donors (Lipinski definition) is 0. The summed E-state index contributed by atoms with van der Waals surface area (Å²) in [5.74, 6) is 2.83. The molecule has 0 bridgehead atoms. The van der Waals surface area contributed by atoms with Crippen LogP contribution in [0.5, 0.6) is 5.75 Å². The van der Waals surface area contributed by atoms with E-state index in [1.807, 2.05) is 20.8 Å². The lowest BCUT2D eigenvalue weighted by molar-refractivity contribution is -0.137. The number of hydrogen-bond acceptors (Lipinski definition) is 4. The molecule has 0 radical (unpaired) electrons. The molecule has 7 nitrogen and oxygen atoms in total. The minimum absolute atomic E-state index is 0.00890. The number of halogens is 3. The van der Waals surface area contributed by atoms with Crippen molar-refractivity contribution in [2.45, 2.75) is 62.8 Å². The maximum absolute atomic E-state index is 13.1. The van der Waals surface area contributed by atoms with Gasteiger partial charge in [0.05, 0.1) is 17.7 Å². The van der Waals surface area contributed by atoms with Crippen LogP contribution in [0.2, 0.25) is 0 Å². The first-order valence-electron chi connectivity index (χ1n) is 13.0. The summed E-state index contributed by atoms with van der Waals surface area (Å²) in [5, 5.41) is 4.68. The first-order chi connectivity index (χ1) is 17.2. The molecule has 36 heavy (non-hydrogen) atoms. The van der Waals surface area contributed by atoms with Crippen LogP contribution in [0.4, 0.5) is 18.0 Å². The van der Waals surface area contributed by atoms with Gasteiger partial charge in [-0.1, -0.05) is 0 Å². The smallest absolute Gasteiger partial charge is 0.416 e. The molecule has 2 amide bonds. The van der Waals surface area contributed by atoms with Crippen molar-refractivity contribution >= 4 is 6.03 Å². The zero-order valence-corrected chi connectivity index (χ0v) is 20.0. The van der Waals surface area contributed by atoms with Gasteiger partial charge >= 0.3 is 12.2 Å². The highest BCUT2D eigenvalue weighted by molar-refractivity contribution is 5.76. The van der Waals surface area contributed by atoms with E-state index in [1.165, 1.54) is 25.0 Å². The highest BCUT2D eigenvalue weighted by atomic mass is 19.4. The van der Waals surface area contributed by atoms with Crippen LogP contribution in [0, 0.1) is 17.3 Å². The Morgan fingerprint density at radius 3 is 2.28 bits per heavy atom. The summed E-state index contributed by atoms with van der Waals surface area (Å²) in [6.07, 6.45) is 3.75. The quantitative estimate of drug-likeness (QED) is 0.608. The Morgan fingerprint density at radius 1 is 1.00 bits per heavy atom. The monoisotopic (exact) mass is 501 g/mol. The molecule has 1 aromatic carbocycles. The molecule has 2 saturated heterocycles. The highest BCUT2D eigenvalue weighted by Gasteiger charge is 2.56. The second kappa shape index (κ2) is 7.86. The first-order valence-corrected chi connectivity index (χ1v) is 13.0. The minimum Gasteiger partial charge on any atom is -0.490 e. The van der Waals surface area contributed by atoms with Crippen LogP contribution in [0.25, 0.3) is 0 Å². The number of ether oxygens (including phenoxy) is 1. The maximum atomic E-state index is 13.1. The molecule has 5 aliphatic rings. The van der Waals surface area contributed by atoms with Crippen molar-refractivity contribution in [3.05, 3.63) is 42.0 Å². The third-order valence-corrected chi connectivity index (χ3v) is 8.97. The molecule has 3 heterocycles. The van der Waals surface area contributed by atoms with Crippen molar-refractivity contribution < 1.29 is 22.7 Å². The molecule has 192 valence electrons. The second-order valence-electron chi connectivity index (χ2n) is 11.7. The molecule has 3 aliphatic carbocycles. The van der Waals surface area contributed by atoms with E-state index in [0.29, 0.717) is 29.5 Å². The number of carbonyl (C=O) groups excluding carboxylic acids is 1. The molecular formula is C26H30F3N5O2. The van der Waals surface area contributed by atoms with E-state index in [9.17, 15) is 18.0 Å². The van der Waals surface area contributed by atoms with Gasteiger partial charge in [-0.05, 0) is 74.6 Å². The van der Waals surface area contributed by atoms with Gasteiger partial charge in [-0.25, -0.2) is 14.5 Å². The van der Waals surface area contributed by atoms with E-state index in [0.717, 1.165) is 69.8 Å². The van der Waals surface area contributed by atoms with Gasteiger partial charge in [0.2, 0.25) is 0 Å². The molecule has 1 aromatic heterocycles. The lowest BCUT2D eigenvalue weighted by Gasteiger charge is -2.59. The molecule has 7 rings (SSSR count). The number of rotatable bonds is 4. The number of urea groups is 1. The van der Waals surface area contributed by atoms with Crippen molar-refractivity contribution in [3.63, 3.8) is 0 Å². The van der Waals surface area contributed by atoms with Gasteiger partial charge in [-0.2, -0.15) is 18.3 Å². The van der Waals surface area contributed by atoms with E-state index in [4.69, 9.17) is 4.74 Å². The fraction of sp³-hybridized carbons (Fsp3) is 0.654. The van der Waals surface area contributed by atoms with Crippen LogP contribution in [-0.2, 0) is 6.18 Å². The molecular weight excluding hydrogens is 471 g/mol. The zero-order valence-electron chi connectivity index (χ0n) is 20.0. The summed E-state index contributed by atoms with van der Waals surface area (Å²) >= 11 is 0. The van der Waals surface area contributed by atoms with Crippen molar-refractivity contribution in [2.75, 3.05) is 26.2 Å². The normalized spacial score (nSPS) is 29.2. The van der Waals surface area contributed by atoms with E-state index in [1.54, 1.807) is 0 Å². The topological polar surface area (TPSA) is 63.5 Å². The number of carbonyl (C=O) groups is 1. The van der Waals surface area contributed by atoms with Crippen LogP contribution in [0.15, 0.2) is 30.6 Å². The summed E-state index contributed by atoms with van der Waals surface area (Å²) < 4.78 is 46.3. The van der Waals surface area contributed by atoms with Gasteiger partial charge in [0.15, 0.2) is 5.82 Å². The molecule has 2 aromatic rings. The minimum atomic E-state index is -4.34. The molecule has 1 unspecified atom stereocenters. The van der Waals surface area contributed by atoms with E-state index in [-0.39, 0.29) is 17.6 Å². The van der Waals surface area contributed by atoms with E-state index in [2.05, 4.69) is 10.1 Å². The summed E-state index contributed by atoms with van der Waals surface area (Å²) in [5.41, 5.74) is -0.416. The maximum Gasteiger partial charge on any atom is 0.416 e. The molecule has 5 fully saturated rings. The van der Waals surface area contributed by atoms with Crippen LogP contribution in [0.3, 0.4) is 0 Å². The third kappa shape index (κ3) is 3.93. The number of likely N-dealkylation sites (tertiary alicyclic amines) is 2. The Labute approximate surface area is 207 Å². The molecule has 0 N–H and O–H groups in total. The molecule has 1 spiro atoms. The standard InChI is InChI=1S/C26H30F3N5O2/c27-26(28,29)19-3-5-21(6-4-19)36-22-7-17-11-32(12-18(17)8-22)24(35)33-13-25(14-33)9-20(10-25)34-15-30-23(31-34)16-1-2-16/h3-6,15-18,20,22H,1-2,7-14H2/t17-,18+,22?. The predicted molar refractivity (Wildman–Crippen MR) is 123 cm³/mol. The number of aromatic nitrogens is 3. The average molecular weight is 502 g/mol. The SMILES string of the molecule is O=C(N1C[C@H]2CC(Oc3ccc(C(F)(F)F)cc3)C[C@H]2C1)N1CC2(CC(n3cnc(C4CC4)n3)C2)C1. The van der Waals surface area contributed by atoms with Crippen LogP contribution < -0.4 is 4.74 Å². The Bertz CT molecular complexity index is 1130. The predicted octanol–water partition coefficient (Wildman–Crippen LogP) is 4.72. The number of amides is 2. The molecule has 3 saturated carbocycles. The van der Waals surface area contributed by atoms with Crippen molar-refractivity contribution in [1.29, 1.82) is 0 Å². The Morgan fingerprint density at radius 2 is 1.67 bits per heavy atom. The summed E-state index contributed by atoms with van der Waals surface area (Å²) in [4.78, 5) is 21.6. The van der Waals surface area contributed by atoms with Crippen molar-refractivity contribution in [1.82, 2.24) is 24.6 Å². The van der Waals surface area contributed by atoms with Gasteiger partial charge < -0.3 is 14.5 Å². The lowest BCUT2D eigenvalue weighted by Crippen LogP contribution is -2.65. The Hall–Kier alpha value is -2.78. The molecule has 10 heteroatoms. The third-order valence-electron chi connectivity index (χ3n) is 8.97. The number of benzene rings is 1. The number of fused-ring (bicyclic) bond motifs is 1. The number of alkyl halides is 3. The fourth-order valence-corrected chi connectivity index (χ4v) is 6.89. The lowest BCUT2D eigenvalue weighted by atomic mass is 9.61. The Kier molecular flexibility index (Phi) is 4.89.